The highest BCUT2D eigenvalue weighted by Gasteiger charge is 2.29. The summed E-state index contributed by atoms with van der Waals surface area (Å²) in [5.41, 5.74) is 8.42. The van der Waals surface area contributed by atoms with E-state index in [0.717, 1.165) is 80.4 Å². The molecule has 1 atom stereocenters. The van der Waals surface area contributed by atoms with Crippen LogP contribution in [-0.4, -0.2) is 66.4 Å². The molecule has 2 aromatic carbocycles. The average molecular weight is 556 g/mol. The number of pyridine rings is 1. The van der Waals surface area contributed by atoms with E-state index in [-0.39, 0.29) is 5.92 Å². The first-order chi connectivity index (χ1) is 20.0. The number of carbonyl (C=O) groups is 1. The van der Waals surface area contributed by atoms with Gasteiger partial charge in [-0.25, -0.2) is 4.98 Å². The first-order valence-electron chi connectivity index (χ1n) is 15.1. The van der Waals surface area contributed by atoms with Crippen LogP contribution in [0.4, 0.5) is 5.82 Å². The second-order valence-corrected chi connectivity index (χ2v) is 11.8. The summed E-state index contributed by atoms with van der Waals surface area (Å²) in [6, 6.07) is 17.4. The molecular weight excluding hydrogens is 514 g/mol. The number of carboxylic acid groups (broad SMARTS) is 1. The number of hydrogen-bond acceptors (Lipinski definition) is 6. The second-order valence-electron chi connectivity index (χ2n) is 11.8. The van der Waals surface area contributed by atoms with Crippen molar-refractivity contribution in [2.24, 2.45) is 5.92 Å². The normalized spacial score (nSPS) is 20.0. The molecule has 41 heavy (non-hydrogen) atoms. The molecule has 1 aromatic heterocycles. The van der Waals surface area contributed by atoms with Gasteiger partial charge in [0, 0.05) is 51.0 Å². The van der Waals surface area contributed by atoms with Crippen LogP contribution in [0.15, 0.2) is 48.5 Å². The molecular formula is C34H41N3O4. The summed E-state index contributed by atoms with van der Waals surface area (Å²) >= 11 is 0. The van der Waals surface area contributed by atoms with Crippen molar-refractivity contribution >= 4 is 11.8 Å². The van der Waals surface area contributed by atoms with Crippen molar-refractivity contribution in [1.82, 2.24) is 9.88 Å². The Bertz CT molecular complexity index is 1400. The molecule has 0 aliphatic carbocycles. The van der Waals surface area contributed by atoms with Crippen LogP contribution in [0.25, 0.3) is 11.3 Å². The zero-order valence-electron chi connectivity index (χ0n) is 24.3. The van der Waals surface area contributed by atoms with E-state index in [0.29, 0.717) is 32.2 Å². The van der Waals surface area contributed by atoms with E-state index in [9.17, 15) is 9.90 Å². The molecule has 2 fully saturated rings. The molecule has 0 amide bonds. The lowest BCUT2D eigenvalue weighted by molar-refractivity contribution is -0.140. The number of hydrogen-bond donors (Lipinski definition) is 1. The van der Waals surface area contributed by atoms with Crippen molar-refractivity contribution in [1.29, 1.82) is 0 Å². The zero-order chi connectivity index (χ0) is 28.3. The maximum atomic E-state index is 11.5. The van der Waals surface area contributed by atoms with Gasteiger partial charge in [0.25, 0.3) is 0 Å². The Kier molecular flexibility index (Phi) is 8.26. The van der Waals surface area contributed by atoms with Gasteiger partial charge in [0.15, 0.2) is 0 Å². The highest BCUT2D eigenvalue weighted by molar-refractivity contribution is 5.73. The molecule has 216 valence electrons. The molecule has 0 saturated carbocycles. The summed E-state index contributed by atoms with van der Waals surface area (Å²) in [7, 11) is 0. The maximum Gasteiger partial charge on any atom is 0.308 e. The third kappa shape index (κ3) is 5.97. The van der Waals surface area contributed by atoms with Crippen LogP contribution >= 0.6 is 0 Å². The highest BCUT2D eigenvalue weighted by Crippen LogP contribution is 2.35. The van der Waals surface area contributed by atoms with E-state index in [1.54, 1.807) is 0 Å². The smallest absolute Gasteiger partial charge is 0.308 e. The lowest BCUT2D eigenvalue weighted by atomic mass is 9.94. The van der Waals surface area contributed by atoms with Crippen LogP contribution in [0.2, 0.25) is 0 Å². The predicted molar refractivity (Wildman–Crippen MR) is 161 cm³/mol. The lowest BCUT2D eigenvalue weighted by Crippen LogP contribution is -2.40. The molecule has 0 radical (unpaired) electrons. The van der Waals surface area contributed by atoms with Crippen LogP contribution in [-0.2, 0) is 29.0 Å². The van der Waals surface area contributed by atoms with E-state index in [1.807, 2.05) is 24.3 Å². The number of fused-ring (bicyclic) bond motifs is 1. The number of aromatic nitrogens is 1. The second kappa shape index (κ2) is 12.2. The number of aliphatic carboxylic acids is 1. The van der Waals surface area contributed by atoms with Crippen molar-refractivity contribution < 1.29 is 19.4 Å². The van der Waals surface area contributed by atoms with Gasteiger partial charge >= 0.3 is 5.97 Å². The summed E-state index contributed by atoms with van der Waals surface area (Å²) in [6.07, 6.45) is 5.12. The molecule has 7 heteroatoms. The van der Waals surface area contributed by atoms with Crippen LogP contribution in [0.5, 0.6) is 5.75 Å². The molecule has 3 aliphatic rings. The Morgan fingerprint density at radius 1 is 1.00 bits per heavy atom. The fourth-order valence-electron chi connectivity index (χ4n) is 6.76. The lowest BCUT2D eigenvalue weighted by Gasteiger charge is -2.33. The average Bonchev–Trinajstić information content (AvgIpc) is 3.40. The highest BCUT2D eigenvalue weighted by atomic mass is 16.5. The first kappa shape index (κ1) is 27.7. The minimum Gasteiger partial charge on any atom is -0.488 e. The maximum absolute atomic E-state index is 11.5. The number of nitrogens with zero attached hydrogens (tertiary/aromatic N) is 3. The van der Waals surface area contributed by atoms with Gasteiger partial charge in [0.1, 0.15) is 18.2 Å². The number of benzene rings is 2. The Balaban J connectivity index is 1.19. The van der Waals surface area contributed by atoms with E-state index in [1.165, 1.54) is 22.3 Å². The number of aryl methyl sites for hydroxylation is 1. The fourth-order valence-corrected chi connectivity index (χ4v) is 6.76. The zero-order valence-corrected chi connectivity index (χ0v) is 24.3. The Morgan fingerprint density at radius 3 is 2.61 bits per heavy atom. The summed E-state index contributed by atoms with van der Waals surface area (Å²) in [6.45, 7) is 10.0. The molecule has 1 N–H and O–H groups in total. The summed E-state index contributed by atoms with van der Waals surface area (Å²) in [5, 5.41) is 9.43. The SMILES string of the molecule is Cc1cccc(-c2cccc(N3CCC(C(=O)O)C3)n2)c1OCc1ccc2c(c1C)CCN(C1CCOCC1)CC2. The van der Waals surface area contributed by atoms with Crippen molar-refractivity contribution in [3.05, 3.63) is 76.3 Å². The minimum absolute atomic E-state index is 0.340. The molecule has 2 saturated heterocycles. The fraction of sp³-hybridized carbons (Fsp3) is 0.471. The summed E-state index contributed by atoms with van der Waals surface area (Å²) in [4.78, 5) is 21.2. The number of carboxylic acids is 1. The Morgan fingerprint density at radius 2 is 1.80 bits per heavy atom. The van der Waals surface area contributed by atoms with Gasteiger partial charge in [0.2, 0.25) is 0 Å². The predicted octanol–water partition coefficient (Wildman–Crippen LogP) is 5.43. The van der Waals surface area contributed by atoms with Gasteiger partial charge in [-0.1, -0.05) is 30.3 Å². The number of ether oxygens (including phenoxy) is 2. The van der Waals surface area contributed by atoms with Gasteiger partial charge in [-0.15, -0.1) is 0 Å². The van der Waals surface area contributed by atoms with E-state index in [2.05, 4.69) is 47.9 Å². The van der Waals surface area contributed by atoms with Gasteiger partial charge in [-0.2, -0.15) is 0 Å². The molecule has 4 heterocycles. The molecule has 7 nitrogen and oxygen atoms in total. The molecule has 3 aliphatic heterocycles. The van der Waals surface area contributed by atoms with Gasteiger partial charge in [-0.05, 0) is 92.0 Å². The number of para-hydroxylation sites is 1. The van der Waals surface area contributed by atoms with Crippen molar-refractivity contribution in [3.63, 3.8) is 0 Å². The number of anilines is 1. The quantitative estimate of drug-likeness (QED) is 0.416. The van der Waals surface area contributed by atoms with Gasteiger partial charge in [-0.3, -0.25) is 9.69 Å². The van der Waals surface area contributed by atoms with Crippen molar-refractivity contribution in [2.45, 2.75) is 58.6 Å². The monoisotopic (exact) mass is 555 g/mol. The van der Waals surface area contributed by atoms with Gasteiger partial charge in [0.05, 0.1) is 11.6 Å². The topological polar surface area (TPSA) is 75.1 Å². The first-order valence-corrected chi connectivity index (χ1v) is 15.1. The number of rotatable bonds is 7. The van der Waals surface area contributed by atoms with Crippen LogP contribution in [0.3, 0.4) is 0 Å². The molecule has 6 rings (SSSR count). The summed E-state index contributed by atoms with van der Waals surface area (Å²) in [5.74, 6) is 0.590. The largest absolute Gasteiger partial charge is 0.488 e. The van der Waals surface area contributed by atoms with Crippen LogP contribution < -0.4 is 9.64 Å². The molecule has 0 spiro atoms. The van der Waals surface area contributed by atoms with E-state index < -0.39 is 5.97 Å². The standard InChI is InChI=1S/C34H41N3O4/c1-23-5-3-6-30(31-7-4-8-32(35-31)37-17-12-26(21-37)34(38)39)33(23)41-22-27-10-9-25-11-16-36(18-13-29(25)24(27)2)28-14-19-40-20-15-28/h3-10,26,28H,11-22H2,1-2H3,(H,38,39). The molecule has 3 aromatic rings. The third-order valence-corrected chi connectivity index (χ3v) is 9.29. The Hall–Kier alpha value is -3.42. The summed E-state index contributed by atoms with van der Waals surface area (Å²) < 4.78 is 12.2. The van der Waals surface area contributed by atoms with Gasteiger partial charge < -0.3 is 19.5 Å². The molecule has 0 bridgehead atoms. The third-order valence-electron chi connectivity index (χ3n) is 9.29. The van der Waals surface area contributed by atoms with Crippen molar-refractivity contribution in [2.75, 3.05) is 44.3 Å². The van der Waals surface area contributed by atoms with E-state index >= 15 is 0 Å². The van der Waals surface area contributed by atoms with Crippen LogP contribution in [0, 0.1) is 19.8 Å². The van der Waals surface area contributed by atoms with E-state index in [4.69, 9.17) is 14.5 Å². The molecule has 1 unspecified atom stereocenters. The Labute approximate surface area is 243 Å². The minimum atomic E-state index is -0.734. The van der Waals surface area contributed by atoms with Crippen LogP contribution in [0.1, 0.15) is 47.1 Å². The van der Waals surface area contributed by atoms with Crippen molar-refractivity contribution in [3.8, 4) is 17.0 Å².